The van der Waals surface area contributed by atoms with Crippen LogP contribution >= 0.6 is 39.3 Å². The fourth-order valence-electron chi connectivity index (χ4n) is 1.69. The third kappa shape index (κ3) is 4.53. The Hall–Kier alpha value is -0.480. The van der Waals surface area contributed by atoms with Gasteiger partial charge in [0.05, 0.1) is 0 Å². The number of hydrogen-bond donors (Lipinski definition) is 1. The van der Waals surface area contributed by atoms with Crippen LogP contribution in [0.3, 0.4) is 0 Å². The Morgan fingerprint density at radius 1 is 1.21 bits per heavy atom. The Morgan fingerprint density at radius 3 is 2.79 bits per heavy atom. The summed E-state index contributed by atoms with van der Waals surface area (Å²) in [7, 11) is 0. The lowest BCUT2D eigenvalue weighted by Gasteiger charge is -2.10. The standard InChI is InChI=1S/C15H15BrClNS/c1-2-18-10-11-6-7-13(17)9-15(11)19-14-5-3-4-12(16)8-14/h3-9,18H,2,10H2,1H3. The first-order chi connectivity index (χ1) is 9.19. The molecule has 0 heterocycles. The molecule has 0 aromatic heterocycles. The second-order valence-electron chi connectivity index (χ2n) is 4.09. The van der Waals surface area contributed by atoms with Crippen molar-refractivity contribution >= 4 is 39.3 Å². The normalized spacial score (nSPS) is 10.7. The van der Waals surface area contributed by atoms with E-state index in [4.69, 9.17) is 11.6 Å². The molecule has 0 aliphatic rings. The van der Waals surface area contributed by atoms with E-state index in [1.807, 2.05) is 24.3 Å². The second kappa shape index (κ2) is 7.34. The van der Waals surface area contributed by atoms with Gasteiger partial charge in [-0.05, 0) is 42.4 Å². The molecule has 0 radical (unpaired) electrons. The molecule has 0 atom stereocenters. The summed E-state index contributed by atoms with van der Waals surface area (Å²) < 4.78 is 1.09. The Labute approximate surface area is 131 Å². The van der Waals surface area contributed by atoms with Crippen molar-refractivity contribution in [2.45, 2.75) is 23.3 Å². The molecule has 0 saturated heterocycles. The van der Waals surface area contributed by atoms with Crippen LogP contribution in [0.25, 0.3) is 0 Å². The van der Waals surface area contributed by atoms with Gasteiger partial charge in [-0.2, -0.15) is 0 Å². The Bertz CT molecular complexity index is 560. The fraction of sp³-hybridized carbons (Fsp3) is 0.200. The van der Waals surface area contributed by atoms with Gasteiger partial charge in [-0.1, -0.05) is 58.3 Å². The van der Waals surface area contributed by atoms with Crippen LogP contribution in [0.5, 0.6) is 0 Å². The van der Waals surface area contributed by atoms with E-state index in [-0.39, 0.29) is 0 Å². The molecule has 19 heavy (non-hydrogen) atoms. The van der Waals surface area contributed by atoms with Gasteiger partial charge >= 0.3 is 0 Å². The van der Waals surface area contributed by atoms with Gasteiger partial charge in [0.1, 0.15) is 0 Å². The van der Waals surface area contributed by atoms with E-state index in [9.17, 15) is 0 Å². The molecule has 0 aliphatic carbocycles. The summed E-state index contributed by atoms with van der Waals surface area (Å²) in [4.78, 5) is 2.40. The van der Waals surface area contributed by atoms with E-state index in [0.717, 1.165) is 22.6 Å². The molecule has 0 amide bonds. The molecule has 0 unspecified atom stereocenters. The van der Waals surface area contributed by atoms with E-state index in [1.165, 1.54) is 15.4 Å². The molecule has 0 fully saturated rings. The van der Waals surface area contributed by atoms with E-state index in [1.54, 1.807) is 11.8 Å². The minimum absolute atomic E-state index is 0.776. The van der Waals surface area contributed by atoms with Crippen molar-refractivity contribution in [1.82, 2.24) is 5.32 Å². The Balaban J connectivity index is 2.24. The highest BCUT2D eigenvalue weighted by atomic mass is 79.9. The molecule has 2 rings (SSSR count). The van der Waals surface area contributed by atoms with E-state index in [0.29, 0.717) is 0 Å². The van der Waals surface area contributed by atoms with E-state index < -0.39 is 0 Å². The molecule has 0 aliphatic heterocycles. The van der Waals surface area contributed by atoms with Gasteiger partial charge in [0.15, 0.2) is 0 Å². The Morgan fingerprint density at radius 2 is 2.05 bits per heavy atom. The Kier molecular flexibility index (Phi) is 5.76. The molecule has 1 N–H and O–H groups in total. The van der Waals surface area contributed by atoms with Gasteiger partial charge in [-0.3, -0.25) is 0 Å². The maximum Gasteiger partial charge on any atom is 0.0417 e. The number of benzene rings is 2. The maximum absolute atomic E-state index is 6.11. The highest BCUT2D eigenvalue weighted by Crippen LogP contribution is 2.33. The summed E-state index contributed by atoms with van der Waals surface area (Å²) in [6.45, 7) is 3.94. The molecular weight excluding hydrogens is 342 g/mol. The number of halogens is 2. The monoisotopic (exact) mass is 355 g/mol. The molecule has 4 heteroatoms. The van der Waals surface area contributed by atoms with Crippen LogP contribution in [-0.4, -0.2) is 6.54 Å². The van der Waals surface area contributed by atoms with Crippen molar-refractivity contribution in [3.63, 3.8) is 0 Å². The lowest BCUT2D eigenvalue weighted by Crippen LogP contribution is -2.12. The molecular formula is C15H15BrClNS. The third-order valence-corrected chi connectivity index (χ3v) is 4.44. The van der Waals surface area contributed by atoms with Crippen molar-refractivity contribution in [2.75, 3.05) is 6.54 Å². The summed E-state index contributed by atoms with van der Waals surface area (Å²) in [6.07, 6.45) is 0. The average molecular weight is 357 g/mol. The summed E-state index contributed by atoms with van der Waals surface area (Å²) >= 11 is 11.3. The van der Waals surface area contributed by atoms with E-state index >= 15 is 0 Å². The predicted octanol–water partition coefficient (Wildman–Crippen LogP) is 5.36. The average Bonchev–Trinajstić information content (AvgIpc) is 2.38. The minimum Gasteiger partial charge on any atom is -0.313 e. The minimum atomic E-state index is 0.776. The van der Waals surface area contributed by atoms with Crippen molar-refractivity contribution < 1.29 is 0 Å². The van der Waals surface area contributed by atoms with E-state index in [2.05, 4.69) is 46.4 Å². The maximum atomic E-state index is 6.11. The summed E-state index contributed by atoms with van der Waals surface area (Å²) in [6, 6.07) is 14.3. The van der Waals surface area contributed by atoms with Crippen LogP contribution in [0.1, 0.15) is 12.5 Å². The number of rotatable bonds is 5. The fourth-order valence-corrected chi connectivity index (χ4v) is 3.52. The van der Waals surface area contributed by atoms with Crippen LogP contribution in [0.15, 0.2) is 56.7 Å². The number of nitrogens with one attached hydrogen (secondary N) is 1. The molecule has 0 saturated carbocycles. The number of hydrogen-bond acceptors (Lipinski definition) is 2. The first kappa shape index (κ1) is 14.9. The van der Waals surface area contributed by atoms with Crippen molar-refractivity contribution in [3.05, 3.63) is 57.5 Å². The summed E-state index contributed by atoms with van der Waals surface area (Å²) in [5, 5.41) is 4.13. The van der Waals surface area contributed by atoms with Gasteiger partial charge in [0.25, 0.3) is 0 Å². The lowest BCUT2D eigenvalue weighted by molar-refractivity contribution is 0.718. The van der Waals surface area contributed by atoms with Crippen LogP contribution in [0.2, 0.25) is 5.02 Å². The third-order valence-electron chi connectivity index (χ3n) is 2.62. The van der Waals surface area contributed by atoms with Crippen LogP contribution < -0.4 is 5.32 Å². The first-order valence-electron chi connectivity index (χ1n) is 6.11. The molecule has 100 valence electrons. The predicted molar refractivity (Wildman–Crippen MR) is 87.1 cm³/mol. The highest BCUT2D eigenvalue weighted by Gasteiger charge is 2.06. The van der Waals surface area contributed by atoms with Crippen molar-refractivity contribution in [3.8, 4) is 0 Å². The summed E-state index contributed by atoms with van der Waals surface area (Å²) in [5.41, 5.74) is 1.27. The van der Waals surface area contributed by atoms with Crippen LogP contribution in [-0.2, 0) is 6.54 Å². The smallest absolute Gasteiger partial charge is 0.0417 e. The quantitative estimate of drug-likeness (QED) is 0.773. The van der Waals surface area contributed by atoms with Crippen LogP contribution in [0, 0.1) is 0 Å². The lowest BCUT2D eigenvalue weighted by atomic mass is 10.2. The first-order valence-corrected chi connectivity index (χ1v) is 8.10. The van der Waals surface area contributed by atoms with Gasteiger partial charge in [-0.15, -0.1) is 0 Å². The largest absolute Gasteiger partial charge is 0.313 e. The van der Waals surface area contributed by atoms with Gasteiger partial charge < -0.3 is 5.32 Å². The van der Waals surface area contributed by atoms with Crippen molar-refractivity contribution in [2.24, 2.45) is 0 Å². The molecule has 0 spiro atoms. The van der Waals surface area contributed by atoms with Crippen molar-refractivity contribution in [1.29, 1.82) is 0 Å². The zero-order chi connectivity index (χ0) is 13.7. The van der Waals surface area contributed by atoms with Gasteiger partial charge in [-0.25, -0.2) is 0 Å². The molecule has 2 aromatic carbocycles. The SMILES string of the molecule is CCNCc1ccc(Cl)cc1Sc1cccc(Br)c1. The summed E-state index contributed by atoms with van der Waals surface area (Å²) in [5.74, 6) is 0. The van der Waals surface area contributed by atoms with Crippen LogP contribution in [0.4, 0.5) is 0 Å². The second-order valence-corrected chi connectivity index (χ2v) is 6.56. The topological polar surface area (TPSA) is 12.0 Å². The zero-order valence-corrected chi connectivity index (χ0v) is 13.8. The van der Waals surface area contributed by atoms with Gasteiger partial charge in [0, 0.05) is 25.8 Å². The highest BCUT2D eigenvalue weighted by molar-refractivity contribution is 9.10. The molecule has 2 aromatic rings. The zero-order valence-electron chi connectivity index (χ0n) is 10.6. The van der Waals surface area contributed by atoms with Gasteiger partial charge in [0.2, 0.25) is 0 Å². The molecule has 0 bridgehead atoms. The molecule has 1 nitrogen and oxygen atoms in total.